The maximum atomic E-state index is 12.0. The van der Waals surface area contributed by atoms with Crippen molar-refractivity contribution in [1.82, 2.24) is 0 Å². The van der Waals surface area contributed by atoms with Crippen LogP contribution in [0.4, 0.5) is 17.1 Å². The number of carbonyl (C=O) groups is 2. The third kappa shape index (κ3) is 4.58. The van der Waals surface area contributed by atoms with Gasteiger partial charge in [-0.25, -0.2) is 4.79 Å². The average Bonchev–Trinajstić information content (AvgIpc) is 3.15. The van der Waals surface area contributed by atoms with Crippen LogP contribution in [-0.4, -0.2) is 17.0 Å². The van der Waals surface area contributed by atoms with Crippen LogP contribution in [0.2, 0.25) is 0 Å². The standard InChI is InChI=1S/C20H16N2O3S/c23-19(11-9-16-7-4-12-26-16)22-15-8-10-18(17(13-15)20(24)25)21-14-5-2-1-3-6-14/h1-13,21H,(H,22,23)(H,24,25)/b11-9+. The van der Waals surface area contributed by atoms with E-state index >= 15 is 0 Å². The van der Waals surface area contributed by atoms with Gasteiger partial charge < -0.3 is 15.7 Å². The molecule has 3 rings (SSSR count). The van der Waals surface area contributed by atoms with E-state index < -0.39 is 5.97 Å². The second kappa shape index (κ2) is 8.13. The molecule has 0 spiro atoms. The molecule has 0 aliphatic carbocycles. The number of hydrogen-bond acceptors (Lipinski definition) is 4. The van der Waals surface area contributed by atoms with Crippen LogP contribution < -0.4 is 10.6 Å². The highest BCUT2D eigenvalue weighted by Gasteiger charge is 2.12. The summed E-state index contributed by atoms with van der Waals surface area (Å²) in [5.74, 6) is -1.40. The maximum absolute atomic E-state index is 12.0. The molecule has 1 heterocycles. The molecule has 0 radical (unpaired) electrons. The predicted molar refractivity (Wildman–Crippen MR) is 105 cm³/mol. The first kappa shape index (κ1) is 17.4. The molecule has 0 unspecified atom stereocenters. The van der Waals surface area contributed by atoms with E-state index in [1.807, 2.05) is 47.8 Å². The van der Waals surface area contributed by atoms with Gasteiger partial charge in [0.2, 0.25) is 5.91 Å². The monoisotopic (exact) mass is 364 g/mol. The van der Waals surface area contributed by atoms with E-state index in [1.54, 1.807) is 18.2 Å². The lowest BCUT2D eigenvalue weighted by molar-refractivity contribution is -0.111. The van der Waals surface area contributed by atoms with E-state index in [0.717, 1.165) is 10.6 Å². The first-order chi connectivity index (χ1) is 12.6. The van der Waals surface area contributed by atoms with Crippen molar-refractivity contribution < 1.29 is 14.7 Å². The number of hydrogen-bond donors (Lipinski definition) is 3. The third-order valence-electron chi connectivity index (χ3n) is 3.51. The number of nitrogens with one attached hydrogen (secondary N) is 2. The predicted octanol–water partition coefficient (Wildman–Crippen LogP) is 4.84. The molecule has 0 aliphatic heterocycles. The molecule has 0 atom stereocenters. The summed E-state index contributed by atoms with van der Waals surface area (Å²) in [6.07, 6.45) is 3.13. The quantitative estimate of drug-likeness (QED) is 0.547. The molecule has 6 heteroatoms. The zero-order valence-corrected chi connectivity index (χ0v) is 14.5. The van der Waals surface area contributed by atoms with Crippen LogP contribution in [0, 0.1) is 0 Å². The van der Waals surface area contributed by atoms with Crippen molar-refractivity contribution in [1.29, 1.82) is 0 Å². The minimum atomic E-state index is -1.08. The number of carbonyl (C=O) groups excluding carboxylic acids is 1. The summed E-state index contributed by atoms with van der Waals surface area (Å²) < 4.78 is 0. The topological polar surface area (TPSA) is 78.4 Å². The van der Waals surface area contributed by atoms with Gasteiger partial charge in [-0.3, -0.25) is 4.79 Å². The Morgan fingerprint density at radius 1 is 0.962 bits per heavy atom. The lowest BCUT2D eigenvalue weighted by atomic mass is 10.1. The largest absolute Gasteiger partial charge is 0.478 e. The van der Waals surface area contributed by atoms with Crippen LogP contribution in [0.5, 0.6) is 0 Å². The van der Waals surface area contributed by atoms with E-state index in [-0.39, 0.29) is 11.5 Å². The summed E-state index contributed by atoms with van der Waals surface area (Å²) in [4.78, 5) is 24.5. The molecule has 1 aromatic heterocycles. The lowest BCUT2D eigenvalue weighted by Crippen LogP contribution is -2.10. The SMILES string of the molecule is O=C(/C=C/c1cccs1)Nc1ccc(Nc2ccccc2)c(C(=O)O)c1. The molecular weight excluding hydrogens is 348 g/mol. The van der Waals surface area contributed by atoms with Crippen molar-refractivity contribution in [2.24, 2.45) is 0 Å². The maximum Gasteiger partial charge on any atom is 0.337 e. The zero-order valence-electron chi connectivity index (χ0n) is 13.7. The number of thiophene rings is 1. The molecule has 1 amide bonds. The molecule has 0 saturated carbocycles. The minimum Gasteiger partial charge on any atom is -0.478 e. The van der Waals surface area contributed by atoms with E-state index in [4.69, 9.17) is 0 Å². The van der Waals surface area contributed by atoms with Gasteiger partial charge in [0.1, 0.15) is 0 Å². The van der Waals surface area contributed by atoms with Crippen molar-refractivity contribution in [2.45, 2.75) is 0 Å². The second-order valence-electron chi connectivity index (χ2n) is 5.39. The summed E-state index contributed by atoms with van der Waals surface area (Å²) in [6.45, 7) is 0. The highest BCUT2D eigenvalue weighted by atomic mass is 32.1. The van der Waals surface area contributed by atoms with Crippen molar-refractivity contribution in [2.75, 3.05) is 10.6 Å². The zero-order chi connectivity index (χ0) is 18.4. The molecule has 0 bridgehead atoms. The van der Waals surface area contributed by atoms with E-state index in [0.29, 0.717) is 11.4 Å². The van der Waals surface area contributed by atoms with Crippen molar-refractivity contribution in [3.05, 3.63) is 82.6 Å². The fraction of sp³-hybridized carbons (Fsp3) is 0. The molecule has 26 heavy (non-hydrogen) atoms. The van der Waals surface area contributed by atoms with Gasteiger partial charge in [-0.2, -0.15) is 0 Å². The van der Waals surface area contributed by atoms with Crippen LogP contribution >= 0.6 is 11.3 Å². The van der Waals surface area contributed by atoms with Gasteiger partial charge in [-0.1, -0.05) is 24.3 Å². The van der Waals surface area contributed by atoms with Gasteiger partial charge in [-0.15, -0.1) is 11.3 Å². The number of anilines is 3. The Morgan fingerprint density at radius 3 is 2.46 bits per heavy atom. The number of rotatable bonds is 6. The summed E-state index contributed by atoms with van der Waals surface area (Å²) >= 11 is 1.53. The third-order valence-corrected chi connectivity index (χ3v) is 4.35. The normalized spacial score (nSPS) is 10.6. The molecule has 0 fully saturated rings. The molecule has 2 aromatic carbocycles. The second-order valence-corrected chi connectivity index (χ2v) is 6.37. The van der Waals surface area contributed by atoms with E-state index in [2.05, 4.69) is 10.6 Å². The molecular formula is C20H16N2O3S. The summed E-state index contributed by atoms with van der Waals surface area (Å²) in [5.41, 5.74) is 1.73. The number of carboxylic acids is 1. The van der Waals surface area contributed by atoms with E-state index in [1.165, 1.54) is 23.5 Å². The smallest absolute Gasteiger partial charge is 0.337 e. The van der Waals surface area contributed by atoms with Gasteiger partial charge in [0.05, 0.1) is 11.3 Å². The first-order valence-electron chi connectivity index (χ1n) is 7.84. The van der Waals surface area contributed by atoms with Crippen molar-refractivity contribution >= 4 is 46.4 Å². The number of para-hydroxylation sites is 1. The number of carboxylic acid groups (broad SMARTS) is 1. The fourth-order valence-corrected chi connectivity index (χ4v) is 2.93. The lowest BCUT2D eigenvalue weighted by Gasteiger charge is -2.11. The Kier molecular flexibility index (Phi) is 5.46. The van der Waals surface area contributed by atoms with Gasteiger partial charge in [0.25, 0.3) is 0 Å². The Balaban J connectivity index is 1.75. The summed E-state index contributed by atoms with van der Waals surface area (Å²) in [5, 5.41) is 17.1. The van der Waals surface area contributed by atoms with Gasteiger partial charge in [-0.05, 0) is 47.9 Å². The average molecular weight is 364 g/mol. The Labute approximate surface area is 154 Å². The summed E-state index contributed by atoms with van der Waals surface area (Å²) in [7, 11) is 0. The number of benzene rings is 2. The van der Waals surface area contributed by atoms with Crippen LogP contribution in [-0.2, 0) is 4.79 Å². The molecule has 0 saturated heterocycles. The first-order valence-corrected chi connectivity index (χ1v) is 8.72. The minimum absolute atomic E-state index is 0.0777. The number of aromatic carboxylic acids is 1. The van der Waals surface area contributed by atoms with Crippen molar-refractivity contribution in [3.63, 3.8) is 0 Å². The highest BCUT2D eigenvalue weighted by Crippen LogP contribution is 2.24. The van der Waals surface area contributed by atoms with Gasteiger partial charge >= 0.3 is 5.97 Å². The van der Waals surface area contributed by atoms with Crippen LogP contribution in [0.1, 0.15) is 15.2 Å². The highest BCUT2D eigenvalue weighted by molar-refractivity contribution is 7.10. The van der Waals surface area contributed by atoms with Crippen LogP contribution in [0.25, 0.3) is 6.08 Å². The van der Waals surface area contributed by atoms with Crippen LogP contribution in [0.3, 0.4) is 0 Å². The fourth-order valence-electron chi connectivity index (χ4n) is 2.31. The van der Waals surface area contributed by atoms with Gasteiger partial charge in [0.15, 0.2) is 0 Å². The molecule has 5 nitrogen and oxygen atoms in total. The Hall–Kier alpha value is -3.38. The van der Waals surface area contributed by atoms with Gasteiger partial charge in [0, 0.05) is 22.3 Å². The summed E-state index contributed by atoms with van der Waals surface area (Å²) in [6, 6.07) is 17.8. The molecule has 3 aromatic rings. The van der Waals surface area contributed by atoms with E-state index in [9.17, 15) is 14.7 Å². The van der Waals surface area contributed by atoms with Crippen LogP contribution in [0.15, 0.2) is 72.1 Å². The Morgan fingerprint density at radius 2 is 1.77 bits per heavy atom. The number of amides is 1. The molecule has 0 aliphatic rings. The Bertz CT molecular complexity index is 935. The molecule has 3 N–H and O–H groups in total. The molecule has 130 valence electrons. The van der Waals surface area contributed by atoms with Crippen molar-refractivity contribution in [3.8, 4) is 0 Å².